The fourth-order valence-electron chi connectivity index (χ4n) is 2.99. The Morgan fingerprint density at radius 1 is 1.29 bits per heavy atom. The SMILES string of the molecule is O=C(O)N1CCC(c2nc(-c3ccc(Nc4cc(Br)ccc4Br)nc3)no2)C1. The fraction of sp³-hybridized carbons (Fsp3) is 0.222. The van der Waals surface area contributed by atoms with Crippen LogP contribution in [0.4, 0.5) is 16.3 Å². The van der Waals surface area contributed by atoms with Crippen LogP contribution in [0.1, 0.15) is 18.2 Å². The average Bonchev–Trinajstić information content (AvgIpc) is 3.35. The minimum atomic E-state index is -0.924. The van der Waals surface area contributed by atoms with Gasteiger partial charge < -0.3 is 19.8 Å². The maximum absolute atomic E-state index is 11.0. The summed E-state index contributed by atoms with van der Waals surface area (Å²) in [6.45, 7) is 0.852. The number of nitrogens with zero attached hydrogens (tertiary/aromatic N) is 4. The van der Waals surface area contributed by atoms with Gasteiger partial charge in [-0.2, -0.15) is 4.98 Å². The quantitative estimate of drug-likeness (QED) is 0.518. The van der Waals surface area contributed by atoms with Gasteiger partial charge in [0.1, 0.15) is 5.82 Å². The zero-order valence-corrected chi connectivity index (χ0v) is 17.6. The Bertz CT molecular complexity index is 1010. The van der Waals surface area contributed by atoms with Crippen LogP contribution in [0.25, 0.3) is 11.4 Å². The van der Waals surface area contributed by atoms with Crippen molar-refractivity contribution in [3.8, 4) is 11.4 Å². The van der Waals surface area contributed by atoms with Gasteiger partial charge in [-0.3, -0.25) is 0 Å². The Morgan fingerprint density at radius 2 is 2.14 bits per heavy atom. The summed E-state index contributed by atoms with van der Waals surface area (Å²) in [4.78, 5) is 21.2. The summed E-state index contributed by atoms with van der Waals surface area (Å²) in [6.07, 6.45) is 1.42. The van der Waals surface area contributed by atoms with Crippen LogP contribution in [0.5, 0.6) is 0 Å². The molecule has 1 aliphatic heterocycles. The van der Waals surface area contributed by atoms with Crippen LogP contribution >= 0.6 is 31.9 Å². The molecule has 144 valence electrons. The molecule has 2 N–H and O–H groups in total. The lowest BCUT2D eigenvalue weighted by Crippen LogP contribution is -2.26. The summed E-state index contributed by atoms with van der Waals surface area (Å²) in [5.41, 5.74) is 1.61. The maximum Gasteiger partial charge on any atom is 0.407 e. The third-order valence-corrected chi connectivity index (χ3v) is 5.65. The first-order valence-electron chi connectivity index (χ1n) is 8.49. The molecule has 1 fully saturated rings. The van der Waals surface area contributed by atoms with Crippen LogP contribution in [0.2, 0.25) is 0 Å². The number of pyridine rings is 1. The number of anilines is 2. The third kappa shape index (κ3) is 4.02. The molecule has 10 heteroatoms. The number of likely N-dealkylation sites (tertiary alicyclic amines) is 1. The van der Waals surface area contributed by atoms with E-state index < -0.39 is 6.09 Å². The summed E-state index contributed by atoms with van der Waals surface area (Å²) in [5, 5.41) is 16.3. The van der Waals surface area contributed by atoms with E-state index in [1.807, 2.05) is 30.3 Å². The van der Waals surface area contributed by atoms with Gasteiger partial charge in [0.15, 0.2) is 0 Å². The molecule has 28 heavy (non-hydrogen) atoms. The highest BCUT2D eigenvalue weighted by Crippen LogP contribution is 2.30. The Morgan fingerprint density at radius 3 is 2.86 bits per heavy atom. The Balaban J connectivity index is 1.47. The molecule has 8 nitrogen and oxygen atoms in total. The number of halogens is 2. The Hall–Kier alpha value is -2.46. The zero-order chi connectivity index (χ0) is 19.7. The van der Waals surface area contributed by atoms with E-state index in [1.54, 1.807) is 6.20 Å². The highest BCUT2D eigenvalue weighted by atomic mass is 79.9. The second-order valence-electron chi connectivity index (χ2n) is 6.35. The molecule has 0 bridgehead atoms. The van der Waals surface area contributed by atoms with Crippen molar-refractivity contribution in [3.05, 3.63) is 51.4 Å². The first kappa shape index (κ1) is 18.9. The number of hydrogen-bond acceptors (Lipinski definition) is 6. The molecule has 1 unspecified atom stereocenters. The van der Waals surface area contributed by atoms with E-state index in [9.17, 15) is 4.79 Å². The number of rotatable bonds is 4. The summed E-state index contributed by atoms with van der Waals surface area (Å²) in [6, 6.07) is 9.53. The van der Waals surface area contributed by atoms with Crippen LogP contribution in [0.15, 0.2) is 50.0 Å². The van der Waals surface area contributed by atoms with Crippen molar-refractivity contribution in [2.45, 2.75) is 12.3 Å². The summed E-state index contributed by atoms with van der Waals surface area (Å²) >= 11 is 6.95. The Kier molecular flexibility index (Phi) is 5.31. The molecule has 1 saturated heterocycles. The number of amides is 1. The van der Waals surface area contributed by atoms with Crippen LogP contribution in [0.3, 0.4) is 0 Å². The number of aromatic nitrogens is 3. The lowest BCUT2D eigenvalue weighted by Gasteiger charge is -2.09. The summed E-state index contributed by atoms with van der Waals surface area (Å²) in [7, 11) is 0. The second-order valence-corrected chi connectivity index (χ2v) is 8.12. The minimum Gasteiger partial charge on any atom is -0.465 e. The smallest absolute Gasteiger partial charge is 0.407 e. The molecule has 4 rings (SSSR count). The number of benzene rings is 1. The fourth-order valence-corrected chi connectivity index (χ4v) is 3.69. The first-order chi connectivity index (χ1) is 13.5. The lowest BCUT2D eigenvalue weighted by molar-refractivity contribution is 0.154. The van der Waals surface area contributed by atoms with Crippen molar-refractivity contribution in [2.75, 3.05) is 18.4 Å². The number of nitrogens with one attached hydrogen (secondary N) is 1. The van der Waals surface area contributed by atoms with Crippen LogP contribution < -0.4 is 5.32 Å². The van der Waals surface area contributed by atoms with Gasteiger partial charge in [-0.05, 0) is 52.7 Å². The van der Waals surface area contributed by atoms with E-state index in [-0.39, 0.29) is 5.92 Å². The normalized spacial score (nSPS) is 16.4. The van der Waals surface area contributed by atoms with E-state index in [4.69, 9.17) is 9.63 Å². The van der Waals surface area contributed by atoms with Crippen molar-refractivity contribution in [1.82, 2.24) is 20.0 Å². The molecular formula is C18H15Br2N5O3. The molecule has 3 aromatic rings. The minimum absolute atomic E-state index is 0.0693. The van der Waals surface area contributed by atoms with E-state index in [1.165, 1.54) is 4.90 Å². The standard InChI is InChI=1S/C18H15Br2N5O3/c19-12-2-3-13(20)14(7-12)22-15-4-1-10(8-21-15)16-23-17(28-24-16)11-5-6-25(9-11)18(26)27/h1-4,7-8,11H,5-6,9H2,(H,21,22)(H,26,27). The van der Waals surface area contributed by atoms with E-state index in [0.717, 1.165) is 20.2 Å². The third-order valence-electron chi connectivity index (χ3n) is 4.46. The van der Waals surface area contributed by atoms with Crippen molar-refractivity contribution in [3.63, 3.8) is 0 Å². The van der Waals surface area contributed by atoms with E-state index in [0.29, 0.717) is 37.0 Å². The first-order valence-corrected chi connectivity index (χ1v) is 10.1. The monoisotopic (exact) mass is 507 g/mol. The zero-order valence-electron chi connectivity index (χ0n) is 14.5. The van der Waals surface area contributed by atoms with Gasteiger partial charge in [-0.1, -0.05) is 21.1 Å². The van der Waals surface area contributed by atoms with Crippen molar-refractivity contribution in [1.29, 1.82) is 0 Å². The van der Waals surface area contributed by atoms with Gasteiger partial charge in [0.2, 0.25) is 11.7 Å². The molecular weight excluding hydrogens is 494 g/mol. The largest absolute Gasteiger partial charge is 0.465 e. The molecule has 0 aliphatic carbocycles. The average molecular weight is 509 g/mol. The number of carbonyl (C=O) groups is 1. The Labute approximate surface area is 177 Å². The van der Waals surface area contributed by atoms with Crippen LogP contribution in [0, 0.1) is 0 Å². The van der Waals surface area contributed by atoms with Gasteiger partial charge in [0.25, 0.3) is 0 Å². The van der Waals surface area contributed by atoms with Crippen molar-refractivity contribution >= 4 is 49.5 Å². The molecule has 1 aliphatic rings. The van der Waals surface area contributed by atoms with E-state index in [2.05, 4.69) is 52.3 Å². The van der Waals surface area contributed by atoms with Gasteiger partial charge >= 0.3 is 6.09 Å². The second kappa shape index (κ2) is 7.88. The van der Waals surface area contributed by atoms with Crippen molar-refractivity contribution < 1.29 is 14.4 Å². The molecule has 3 heterocycles. The van der Waals surface area contributed by atoms with Crippen LogP contribution in [-0.4, -0.2) is 44.3 Å². The molecule has 1 amide bonds. The van der Waals surface area contributed by atoms with Crippen molar-refractivity contribution in [2.24, 2.45) is 0 Å². The van der Waals surface area contributed by atoms with E-state index >= 15 is 0 Å². The molecule has 0 saturated carbocycles. The molecule has 0 spiro atoms. The molecule has 1 aromatic carbocycles. The molecule has 2 aromatic heterocycles. The predicted molar refractivity (Wildman–Crippen MR) is 110 cm³/mol. The summed E-state index contributed by atoms with van der Waals surface area (Å²) in [5.74, 6) is 1.50. The topological polar surface area (TPSA) is 104 Å². The highest BCUT2D eigenvalue weighted by Gasteiger charge is 2.31. The van der Waals surface area contributed by atoms with Gasteiger partial charge in [-0.25, -0.2) is 9.78 Å². The molecule has 0 radical (unpaired) electrons. The number of hydrogen-bond donors (Lipinski definition) is 2. The van der Waals surface area contributed by atoms with Crippen LogP contribution in [-0.2, 0) is 0 Å². The van der Waals surface area contributed by atoms with Gasteiger partial charge in [-0.15, -0.1) is 0 Å². The predicted octanol–water partition coefficient (Wildman–Crippen LogP) is 4.87. The van der Waals surface area contributed by atoms with Gasteiger partial charge in [0, 0.05) is 33.8 Å². The summed E-state index contributed by atoms with van der Waals surface area (Å²) < 4.78 is 7.24. The van der Waals surface area contributed by atoms with Gasteiger partial charge in [0.05, 0.1) is 11.6 Å². The lowest BCUT2D eigenvalue weighted by atomic mass is 10.1. The number of carboxylic acid groups (broad SMARTS) is 1. The highest BCUT2D eigenvalue weighted by molar-refractivity contribution is 9.11. The molecule has 1 atom stereocenters. The maximum atomic E-state index is 11.0.